The number of hydrogen-bond donors (Lipinski definition) is 2. The van der Waals surface area contributed by atoms with Gasteiger partial charge in [-0.15, -0.1) is 0 Å². The number of ether oxygens (including phenoxy) is 2. The maximum Gasteiger partial charge on any atom is 0.255 e. The number of carbonyl (C=O) groups excluding carboxylic acids is 1. The predicted octanol–water partition coefficient (Wildman–Crippen LogP) is 2.33. The molecule has 0 aliphatic heterocycles. The SMILES string of the molecule is COc1ccc(NC(=O)c2cccc(NS(C)(=O)=O)c2)c(OC)c1. The zero-order chi connectivity index (χ0) is 17.7. The van der Waals surface area contributed by atoms with Crippen molar-refractivity contribution in [1.82, 2.24) is 0 Å². The molecule has 0 aliphatic carbocycles. The minimum atomic E-state index is -3.41. The topological polar surface area (TPSA) is 93.7 Å². The van der Waals surface area contributed by atoms with E-state index in [2.05, 4.69) is 10.0 Å². The molecule has 24 heavy (non-hydrogen) atoms. The number of hydrogen-bond acceptors (Lipinski definition) is 5. The van der Waals surface area contributed by atoms with Crippen LogP contribution >= 0.6 is 0 Å². The number of anilines is 2. The van der Waals surface area contributed by atoms with Crippen molar-refractivity contribution in [3.8, 4) is 11.5 Å². The second-order valence-electron chi connectivity index (χ2n) is 4.98. The Morgan fingerprint density at radius 1 is 1.04 bits per heavy atom. The molecule has 0 fully saturated rings. The molecule has 0 aromatic heterocycles. The monoisotopic (exact) mass is 350 g/mol. The standard InChI is InChI=1S/C16H18N2O5S/c1-22-13-7-8-14(15(10-13)23-2)17-16(19)11-5-4-6-12(9-11)18-24(3,20)21/h4-10,18H,1-3H3,(H,17,19). The van der Waals surface area contributed by atoms with Crippen molar-refractivity contribution in [1.29, 1.82) is 0 Å². The molecule has 0 saturated carbocycles. The Morgan fingerprint density at radius 3 is 2.42 bits per heavy atom. The highest BCUT2D eigenvalue weighted by molar-refractivity contribution is 7.92. The minimum Gasteiger partial charge on any atom is -0.497 e. The van der Waals surface area contributed by atoms with Crippen LogP contribution in [0.25, 0.3) is 0 Å². The Kier molecular flexibility index (Phi) is 5.30. The summed E-state index contributed by atoms with van der Waals surface area (Å²) in [6.07, 6.45) is 1.04. The first-order valence-corrected chi connectivity index (χ1v) is 8.83. The number of nitrogens with one attached hydrogen (secondary N) is 2. The van der Waals surface area contributed by atoms with E-state index < -0.39 is 15.9 Å². The number of sulfonamides is 1. The second-order valence-corrected chi connectivity index (χ2v) is 6.72. The van der Waals surface area contributed by atoms with Crippen molar-refractivity contribution in [2.24, 2.45) is 0 Å². The lowest BCUT2D eigenvalue weighted by Gasteiger charge is -2.12. The largest absolute Gasteiger partial charge is 0.497 e. The van der Waals surface area contributed by atoms with Crippen LogP contribution in [0.5, 0.6) is 11.5 Å². The fourth-order valence-electron chi connectivity index (χ4n) is 2.03. The number of carbonyl (C=O) groups is 1. The van der Waals surface area contributed by atoms with E-state index in [1.54, 1.807) is 36.4 Å². The molecule has 8 heteroatoms. The Labute approximate surface area is 140 Å². The first-order valence-electron chi connectivity index (χ1n) is 6.93. The molecule has 2 aromatic carbocycles. The van der Waals surface area contributed by atoms with Crippen LogP contribution in [0.3, 0.4) is 0 Å². The van der Waals surface area contributed by atoms with Gasteiger partial charge in [0, 0.05) is 17.3 Å². The summed E-state index contributed by atoms with van der Waals surface area (Å²) in [6.45, 7) is 0. The summed E-state index contributed by atoms with van der Waals surface area (Å²) in [4.78, 5) is 12.4. The van der Waals surface area contributed by atoms with E-state index >= 15 is 0 Å². The van der Waals surface area contributed by atoms with Crippen molar-refractivity contribution >= 4 is 27.3 Å². The van der Waals surface area contributed by atoms with E-state index in [0.29, 0.717) is 28.4 Å². The third kappa shape index (κ3) is 4.63. The van der Waals surface area contributed by atoms with Gasteiger partial charge in [-0.05, 0) is 30.3 Å². The second kappa shape index (κ2) is 7.22. The molecule has 0 radical (unpaired) electrons. The van der Waals surface area contributed by atoms with Crippen LogP contribution in [0.4, 0.5) is 11.4 Å². The molecule has 1 amide bonds. The average molecular weight is 350 g/mol. The summed E-state index contributed by atoms with van der Waals surface area (Å²) in [7, 11) is -0.390. The zero-order valence-corrected chi connectivity index (χ0v) is 14.3. The van der Waals surface area contributed by atoms with Crippen molar-refractivity contribution in [2.45, 2.75) is 0 Å². The summed E-state index contributed by atoms with van der Waals surface area (Å²) < 4.78 is 35.2. The van der Waals surface area contributed by atoms with Gasteiger partial charge < -0.3 is 14.8 Å². The summed E-state index contributed by atoms with van der Waals surface area (Å²) in [5, 5.41) is 2.72. The van der Waals surface area contributed by atoms with E-state index in [1.165, 1.54) is 20.3 Å². The number of rotatable bonds is 6. The molecule has 0 saturated heterocycles. The van der Waals surface area contributed by atoms with E-state index in [4.69, 9.17) is 9.47 Å². The fourth-order valence-corrected chi connectivity index (χ4v) is 2.59. The highest BCUT2D eigenvalue weighted by atomic mass is 32.2. The van der Waals surface area contributed by atoms with Crippen LogP contribution in [0.1, 0.15) is 10.4 Å². The lowest BCUT2D eigenvalue weighted by atomic mass is 10.2. The molecular formula is C16H18N2O5S. The summed E-state index contributed by atoms with van der Waals surface area (Å²) in [5.41, 5.74) is 1.10. The molecule has 2 rings (SSSR count). The molecule has 7 nitrogen and oxygen atoms in total. The van der Waals surface area contributed by atoms with Gasteiger partial charge in [0.1, 0.15) is 11.5 Å². The van der Waals surface area contributed by atoms with E-state index in [9.17, 15) is 13.2 Å². The third-order valence-corrected chi connectivity index (χ3v) is 3.69. The predicted molar refractivity (Wildman–Crippen MR) is 92.4 cm³/mol. The van der Waals surface area contributed by atoms with Crippen LogP contribution < -0.4 is 19.5 Å². The van der Waals surface area contributed by atoms with Crippen molar-refractivity contribution in [3.63, 3.8) is 0 Å². The Balaban J connectivity index is 2.23. The van der Waals surface area contributed by atoms with Gasteiger partial charge in [-0.3, -0.25) is 9.52 Å². The fraction of sp³-hybridized carbons (Fsp3) is 0.188. The maximum atomic E-state index is 12.4. The van der Waals surface area contributed by atoms with Crippen LogP contribution in [-0.2, 0) is 10.0 Å². The summed E-state index contributed by atoms with van der Waals surface area (Å²) >= 11 is 0. The van der Waals surface area contributed by atoms with E-state index in [0.717, 1.165) is 6.26 Å². The average Bonchev–Trinajstić information content (AvgIpc) is 2.53. The molecule has 2 aromatic rings. The van der Waals surface area contributed by atoms with Crippen LogP contribution in [0.2, 0.25) is 0 Å². The van der Waals surface area contributed by atoms with Crippen LogP contribution in [0, 0.1) is 0 Å². The lowest BCUT2D eigenvalue weighted by Crippen LogP contribution is -2.14. The van der Waals surface area contributed by atoms with Gasteiger partial charge in [-0.1, -0.05) is 6.07 Å². The molecule has 0 unspecified atom stereocenters. The molecule has 0 spiro atoms. The van der Waals surface area contributed by atoms with Crippen LogP contribution in [0.15, 0.2) is 42.5 Å². The minimum absolute atomic E-state index is 0.307. The summed E-state index contributed by atoms with van der Waals surface area (Å²) in [5.74, 6) is 0.660. The Hall–Kier alpha value is -2.74. The Bertz CT molecular complexity index is 849. The first-order chi connectivity index (χ1) is 11.3. The first kappa shape index (κ1) is 17.6. The smallest absolute Gasteiger partial charge is 0.255 e. The molecule has 0 atom stereocenters. The van der Waals surface area contributed by atoms with Crippen molar-refractivity contribution in [2.75, 3.05) is 30.5 Å². The molecule has 0 bridgehead atoms. The van der Waals surface area contributed by atoms with Crippen LogP contribution in [-0.4, -0.2) is 34.8 Å². The summed E-state index contributed by atoms with van der Waals surface area (Å²) in [6, 6.07) is 11.2. The zero-order valence-electron chi connectivity index (χ0n) is 13.5. The number of benzene rings is 2. The van der Waals surface area contributed by atoms with E-state index in [-0.39, 0.29) is 0 Å². The van der Waals surface area contributed by atoms with Gasteiger partial charge in [0.05, 0.1) is 26.2 Å². The van der Waals surface area contributed by atoms with Crippen molar-refractivity contribution < 1.29 is 22.7 Å². The molecular weight excluding hydrogens is 332 g/mol. The highest BCUT2D eigenvalue weighted by Gasteiger charge is 2.12. The van der Waals surface area contributed by atoms with Gasteiger partial charge in [-0.25, -0.2) is 8.42 Å². The van der Waals surface area contributed by atoms with Gasteiger partial charge in [0.15, 0.2) is 0 Å². The lowest BCUT2D eigenvalue weighted by molar-refractivity contribution is 0.102. The van der Waals surface area contributed by atoms with Gasteiger partial charge in [0.25, 0.3) is 5.91 Å². The number of methoxy groups -OCH3 is 2. The quantitative estimate of drug-likeness (QED) is 0.834. The molecule has 0 aliphatic rings. The van der Waals surface area contributed by atoms with Gasteiger partial charge in [0.2, 0.25) is 10.0 Å². The third-order valence-electron chi connectivity index (χ3n) is 3.08. The molecule has 2 N–H and O–H groups in total. The maximum absolute atomic E-state index is 12.4. The molecule has 0 heterocycles. The highest BCUT2D eigenvalue weighted by Crippen LogP contribution is 2.29. The normalized spacial score (nSPS) is 10.8. The molecule has 128 valence electrons. The van der Waals surface area contributed by atoms with Crippen molar-refractivity contribution in [3.05, 3.63) is 48.0 Å². The number of amides is 1. The Morgan fingerprint density at radius 2 is 1.79 bits per heavy atom. The van der Waals surface area contributed by atoms with E-state index in [1.807, 2.05) is 0 Å². The van der Waals surface area contributed by atoms with Gasteiger partial charge in [-0.2, -0.15) is 0 Å². The van der Waals surface area contributed by atoms with Gasteiger partial charge >= 0.3 is 0 Å².